The Bertz CT molecular complexity index is 495. The maximum absolute atomic E-state index is 12.2. The van der Waals surface area contributed by atoms with Gasteiger partial charge in [0.25, 0.3) is 0 Å². The number of carbonyl (C=O) groups is 1. The molecule has 2 atom stereocenters. The van der Waals surface area contributed by atoms with E-state index < -0.39 is 0 Å². The fourth-order valence-electron chi connectivity index (χ4n) is 2.21. The number of aliphatic hydroxyl groups is 1. The molecule has 0 aliphatic carbocycles. The molecule has 1 aliphatic rings. The minimum absolute atomic E-state index is 0.127. The zero-order chi connectivity index (χ0) is 13.3. The lowest BCUT2D eigenvalue weighted by Crippen LogP contribution is -2.45. The summed E-state index contributed by atoms with van der Waals surface area (Å²) in [5.74, 6) is 0.287. The molecule has 0 saturated carbocycles. The van der Waals surface area contributed by atoms with E-state index in [9.17, 15) is 9.90 Å². The first-order valence-corrected chi connectivity index (χ1v) is 7.34. The standard InChI is InChI=1S/C12H18N2O2S2/c1-7-6-14(4-3-9(7)15)11(16)5-10-8(2)13-12(17)18-10/h7,9,15H,3-6H2,1-2H3,(H,13,17). The van der Waals surface area contributed by atoms with Crippen LogP contribution >= 0.6 is 23.6 Å². The number of nitrogens with zero attached hydrogens (tertiary/aromatic N) is 1. The van der Waals surface area contributed by atoms with Crippen LogP contribution < -0.4 is 0 Å². The van der Waals surface area contributed by atoms with Gasteiger partial charge in [0.05, 0.1) is 12.5 Å². The van der Waals surface area contributed by atoms with E-state index in [1.54, 1.807) is 0 Å². The Labute approximate surface area is 116 Å². The first-order chi connectivity index (χ1) is 8.47. The normalized spacial score (nSPS) is 24.3. The molecule has 2 unspecified atom stereocenters. The topological polar surface area (TPSA) is 56.3 Å². The molecule has 0 aromatic carbocycles. The number of aliphatic hydroxyl groups excluding tert-OH is 1. The van der Waals surface area contributed by atoms with Crippen molar-refractivity contribution < 1.29 is 9.90 Å². The molecular weight excluding hydrogens is 268 g/mol. The van der Waals surface area contributed by atoms with Crippen molar-refractivity contribution in [3.63, 3.8) is 0 Å². The summed E-state index contributed by atoms with van der Waals surface area (Å²) in [5, 5.41) is 9.66. The number of rotatable bonds is 2. The van der Waals surface area contributed by atoms with Gasteiger partial charge in [-0.3, -0.25) is 4.79 Å². The molecule has 0 radical (unpaired) electrons. The average Bonchev–Trinajstić information content (AvgIpc) is 2.61. The molecule has 1 aromatic heterocycles. The van der Waals surface area contributed by atoms with Gasteiger partial charge >= 0.3 is 0 Å². The van der Waals surface area contributed by atoms with Crippen molar-refractivity contribution in [3.05, 3.63) is 14.5 Å². The number of thiazole rings is 1. The Balaban J connectivity index is 2.00. The first-order valence-electron chi connectivity index (χ1n) is 6.12. The van der Waals surface area contributed by atoms with Crippen molar-refractivity contribution in [2.24, 2.45) is 5.92 Å². The summed E-state index contributed by atoms with van der Waals surface area (Å²) in [6.07, 6.45) is 0.811. The number of nitrogens with one attached hydrogen (secondary N) is 1. The smallest absolute Gasteiger partial charge is 0.227 e. The Morgan fingerprint density at radius 3 is 2.94 bits per heavy atom. The Kier molecular flexibility index (Phi) is 4.19. The molecule has 0 bridgehead atoms. The summed E-state index contributed by atoms with van der Waals surface area (Å²) in [6, 6.07) is 0. The third-order valence-electron chi connectivity index (χ3n) is 3.45. The molecule has 1 saturated heterocycles. The van der Waals surface area contributed by atoms with Crippen molar-refractivity contribution in [1.29, 1.82) is 0 Å². The molecular formula is C12H18N2O2S2. The van der Waals surface area contributed by atoms with E-state index in [4.69, 9.17) is 12.2 Å². The quantitative estimate of drug-likeness (QED) is 0.816. The van der Waals surface area contributed by atoms with Crippen LogP contribution in [-0.4, -0.2) is 40.1 Å². The maximum Gasteiger partial charge on any atom is 0.227 e. The Morgan fingerprint density at radius 1 is 1.67 bits per heavy atom. The predicted molar refractivity (Wildman–Crippen MR) is 74.3 cm³/mol. The van der Waals surface area contributed by atoms with Gasteiger partial charge in [-0.05, 0) is 31.5 Å². The second-order valence-corrected chi connectivity index (χ2v) is 6.68. The van der Waals surface area contributed by atoms with Gasteiger partial charge in [-0.2, -0.15) is 0 Å². The second-order valence-electron chi connectivity index (χ2n) is 4.91. The van der Waals surface area contributed by atoms with Crippen molar-refractivity contribution in [1.82, 2.24) is 9.88 Å². The highest BCUT2D eigenvalue weighted by Gasteiger charge is 2.27. The minimum atomic E-state index is -0.273. The molecule has 2 N–H and O–H groups in total. The molecule has 1 amide bonds. The lowest BCUT2D eigenvalue weighted by atomic mass is 9.96. The third kappa shape index (κ3) is 2.99. The van der Waals surface area contributed by atoms with Crippen LogP contribution in [0.15, 0.2) is 0 Å². The monoisotopic (exact) mass is 286 g/mol. The van der Waals surface area contributed by atoms with Crippen LogP contribution in [0.3, 0.4) is 0 Å². The Morgan fingerprint density at radius 2 is 2.39 bits per heavy atom. The van der Waals surface area contributed by atoms with E-state index in [-0.39, 0.29) is 17.9 Å². The van der Waals surface area contributed by atoms with Crippen LogP contribution in [-0.2, 0) is 11.2 Å². The number of H-pyrrole nitrogens is 1. The highest BCUT2D eigenvalue weighted by molar-refractivity contribution is 7.73. The van der Waals surface area contributed by atoms with Crippen LogP contribution in [0.4, 0.5) is 0 Å². The zero-order valence-electron chi connectivity index (χ0n) is 10.6. The molecule has 6 heteroatoms. The van der Waals surface area contributed by atoms with Crippen LogP contribution in [0.5, 0.6) is 0 Å². The average molecular weight is 286 g/mol. The van der Waals surface area contributed by atoms with E-state index >= 15 is 0 Å². The summed E-state index contributed by atoms with van der Waals surface area (Å²) < 4.78 is 0.720. The van der Waals surface area contributed by atoms with Gasteiger partial charge in [0.15, 0.2) is 3.95 Å². The van der Waals surface area contributed by atoms with E-state index in [0.29, 0.717) is 25.9 Å². The maximum atomic E-state index is 12.2. The molecule has 18 heavy (non-hydrogen) atoms. The lowest BCUT2D eigenvalue weighted by molar-refractivity contribution is -0.133. The number of aryl methyl sites for hydroxylation is 1. The van der Waals surface area contributed by atoms with Crippen LogP contribution in [0.25, 0.3) is 0 Å². The van der Waals surface area contributed by atoms with E-state index in [0.717, 1.165) is 14.5 Å². The summed E-state index contributed by atoms with van der Waals surface area (Å²) in [6.45, 7) is 5.22. The fourth-order valence-corrected chi connectivity index (χ4v) is 3.50. The number of carbonyl (C=O) groups excluding carboxylic acids is 1. The summed E-state index contributed by atoms with van der Waals surface area (Å²) >= 11 is 6.54. The Hall–Kier alpha value is -0.720. The SMILES string of the molecule is Cc1[nH]c(=S)sc1CC(=O)N1CCC(O)C(C)C1. The summed E-state index contributed by atoms with van der Waals surface area (Å²) in [4.78, 5) is 18.1. The van der Waals surface area contributed by atoms with Gasteiger partial charge in [-0.25, -0.2) is 0 Å². The van der Waals surface area contributed by atoms with E-state index in [1.807, 2.05) is 18.7 Å². The number of aromatic nitrogens is 1. The number of aromatic amines is 1. The minimum Gasteiger partial charge on any atom is -0.393 e. The van der Waals surface area contributed by atoms with Crippen molar-refractivity contribution in [3.8, 4) is 0 Å². The van der Waals surface area contributed by atoms with Gasteiger partial charge in [0.2, 0.25) is 5.91 Å². The number of likely N-dealkylation sites (tertiary alicyclic amines) is 1. The van der Waals surface area contributed by atoms with Crippen LogP contribution in [0.1, 0.15) is 23.9 Å². The highest BCUT2D eigenvalue weighted by atomic mass is 32.1. The third-order valence-corrected chi connectivity index (χ3v) is 4.78. The summed E-state index contributed by atoms with van der Waals surface area (Å²) in [7, 11) is 0. The lowest BCUT2D eigenvalue weighted by Gasteiger charge is -2.34. The molecule has 2 rings (SSSR count). The second kappa shape index (κ2) is 5.50. The van der Waals surface area contributed by atoms with Crippen molar-refractivity contribution in [2.45, 2.75) is 32.8 Å². The largest absolute Gasteiger partial charge is 0.393 e. The summed E-state index contributed by atoms with van der Waals surface area (Å²) in [5.41, 5.74) is 0.989. The molecule has 2 heterocycles. The number of hydrogen-bond acceptors (Lipinski definition) is 4. The number of amides is 1. The van der Waals surface area contributed by atoms with Gasteiger partial charge in [0, 0.05) is 23.7 Å². The van der Waals surface area contributed by atoms with E-state index in [2.05, 4.69) is 4.98 Å². The molecule has 4 nitrogen and oxygen atoms in total. The fraction of sp³-hybridized carbons (Fsp3) is 0.667. The molecule has 1 aromatic rings. The highest BCUT2D eigenvalue weighted by Crippen LogP contribution is 2.20. The molecule has 1 aliphatic heterocycles. The number of piperidine rings is 1. The van der Waals surface area contributed by atoms with Crippen molar-refractivity contribution >= 4 is 29.5 Å². The van der Waals surface area contributed by atoms with Gasteiger partial charge < -0.3 is 15.0 Å². The predicted octanol–water partition coefficient (Wildman–Crippen LogP) is 1.89. The van der Waals surface area contributed by atoms with Crippen molar-refractivity contribution in [2.75, 3.05) is 13.1 Å². The van der Waals surface area contributed by atoms with Crippen LogP contribution in [0.2, 0.25) is 0 Å². The molecule has 1 fully saturated rings. The van der Waals surface area contributed by atoms with Gasteiger partial charge in [-0.15, -0.1) is 11.3 Å². The van der Waals surface area contributed by atoms with Crippen LogP contribution in [0, 0.1) is 16.8 Å². The number of hydrogen-bond donors (Lipinski definition) is 2. The van der Waals surface area contributed by atoms with Gasteiger partial charge in [-0.1, -0.05) is 6.92 Å². The zero-order valence-corrected chi connectivity index (χ0v) is 12.2. The molecule has 0 spiro atoms. The first kappa shape index (κ1) is 13.7. The molecule has 100 valence electrons. The van der Waals surface area contributed by atoms with E-state index in [1.165, 1.54) is 11.3 Å². The van der Waals surface area contributed by atoms with Gasteiger partial charge in [0.1, 0.15) is 0 Å².